The van der Waals surface area contributed by atoms with Gasteiger partial charge >= 0.3 is 6.18 Å². The zero-order chi connectivity index (χ0) is 20.0. The maximum Gasteiger partial charge on any atom is 0.416 e. The van der Waals surface area contributed by atoms with Crippen molar-refractivity contribution >= 4 is 12.1 Å². The van der Waals surface area contributed by atoms with Crippen LogP contribution >= 0.6 is 0 Å². The van der Waals surface area contributed by atoms with Crippen LogP contribution in [0.15, 0.2) is 76.2 Å². The van der Waals surface area contributed by atoms with E-state index < -0.39 is 17.6 Å². The second-order valence-electron chi connectivity index (χ2n) is 5.68. The lowest BCUT2D eigenvalue weighted by molar-refractivity contribution is -0.137. The minimum absolute atomic E-state index is 0.213. The molecule has 28 heavy (non-hydrogen) atoms. The van der Waals surface area contributed by atoms with Crippen LogP contribution in [0.4, 0.5) is 13.2 Å². The van der Waals surface area contributed by atoms with Gasteiger partial charge in [-0.2, -0.15) is 18.3 Å². The first-order valence-corrected chi connectivity index (χ1v) is 8.19. The van der Waals surface area contributed by atoms with Crippen molar-refractivity contribution in [3.8, 4) is 17.1 Å². The smallest absolute Gasteiger partial charge is 0.416 e. The van der Waals surface area contributed by atoms with Gasteiger partial charge < -0.3 is 9.15 Å². The molecule has 0 aliphatic rings. The van der Waals surface area contributed by atoms with Crippen molar-refractivity contribution in [1.29, 1.82) is 0 Å². The molecule has 1 aromatic heterocycles. The molecule has 1 amide bonds. The summed E-state index contributed by atoms with van der Waals surface area (Å²) in [5, 5.41) is 3.74. The Labute approximate surface area is 158 Å². The summed E-state index contributed by atoms with van der Waals surface area (Å²) in [6.45, 7) is -0.213. The van der Waals surface area contributed by atoms with Gasteiger partial charge in [-0.1, -0.05) is 30.3 Å². The van der Waals surface area contributed by atoms with Crippen molar-refractivity contribution in [1.82, 2.24) is 5.43 Å². The average molecular weight is 388 g/mol. The van der Waals surface area contributed by atoms with Gasteiger partial charge in [-0.25, -0.2) is 5.43 Å². The van der Waals surface area contributed by atoms with E-state index in [4.69, 9.17) is 9.15 Å². The molecule has 5 nitrogen and oxygen atoms in total. The van der Waals surface area contributed by atoms with E-state index in [0.29, 0.717) is 5.75 Å². The summed E-state index contributed by atoms with van der Waals surface area (Å²) < 4.78 is 49.1. The topological polar surface area (TPSA) is 63.8 Å². The molecule has 3 rings (SSSR count). The zero-order valence-electron chi connectivity index (χ0n) is 14.4. The maximum absolute atomic E-state index is 12.8. The number of furan rings is 1. The summed E-state index contributed by atoms with van der Waals surface area (Å²) in [4.78, 5) is 11.7. The van der Waals surface area contributed by atoms with Gasteiger partial charge in [-0.3, -0.25) is 4.79 Å². The van der Waals surface area contributed by atoms with Crippen LogP contribution in [0.2, 0.25) is 0 Å². The third kappa shape index (κ3) is 5.23. The second-order valence-corrected chi connectivity index (χ2v) is 5.68. The van der Waals surface area contributed by atoms with Gasteiger partial charge in [-0.15, -0.1) is 0 Å². The number of nitrogens with zero attached hydrogens (tertiary/aromatic N) is 1. The lowest BCUT2D eigenvalue weighted by Gasteiger charge is -2.07. The Bertz CT molecular complexity index is 966. The SMILES string of the molecule is O=C(COc1ccccc1)N/N=C\c1ccc(-c2cccc(C(F)(F)F)c2)o1. The molecule has 0 aliphatic carbocycles. The highest BCUT2D eigenvalue weighted by Crippen LogP contribution is 2.32. The minimum Gasteiger partial charge on any atom is -0.484 e. The monoisotopic (exact) mass is 388 g/mol. The fourth-order valence-corrected chi connectivity index (χ4v) is 2.29. The summed E-state index contributed by atoms with van der Waals surface area (Å²) in [6, 6.07) is 16.7. The Balaban J connectivity index is 1.56. The Morgan fingerprint density at radius 2 is 1.86 bits per heavy atom. The average Bonchev–Trinajstić information content (AvgIpc) is 3.16. The third-order valence-corrected chi connectivity index (χ3v) is 3.60. The molecule has 0 aliphatic heterocycles. The van der Waals surface area contributed by atoms with Gasteiger partial charge in [0.15, 0.2) is 6.61 Å². The van der Waals surface area contributed by atoms with E-state index in [9.17, 15) is 18.0 Å². The number of carbonyl (C=O) groups is 1. The largest absolute Gasteiger partial charge is 0.484 e. The van der Waals surface area contributed by atoms with Crippen LogP contribution in [0.1, 0.15) is 11.3 Å². The molecule has 2 aromatic carbocycles. The van der Waals surface area contributed by atoms with Crippen LogP contribution in [0.5, 0.6) is 5.75 Å². The van der Waals surface area contributed by atoms with Crippen molar-refractivity contribution in [2.24, 2.45) is 5.10 Å². The van der Waals surface area contributed by atoms with Crippen LogP contribution in [-0.2, 0) is 11.0 Å². The Morgan fingerprint density at radius 3 is 2.61 bits per heavy atom. The van der Waals surface area contributed by atoms with E-state index in [0.717, 1.165) is 12.1 Å². The molecule has 0 unspecified atom stereocenters. The predicted molar refractivity (Wildman–Crippen MR) is 96.8 cm³/mol. The molecule has 0 radical (unpaired) electrons. The fraction of sp³-hybridized carbons (Fsp3) is 0.100. The van der Waals surface area contributed by atoms with Crippen LogP contribution < -0.4 is 10.2 Å². The molecule has 0 saturated carbocycles. The van der Waals surface area contributed by atoms with Crippen LogP contribution in [0, 0.1) is 0 Å². The van der Waals surface area contributed by atoms with Crippen molar-refractivity contribution in [2.45, 2.75) is 6.18 Å². The number of halogens is 3. The number of ether oxygens (including phenoxy) is 1. The number of carbonyl (C=O) groups excluding carboxylic acids is 1. The minimum atomic E-state index is -4.43. The number of hydrogen-bond acceptors (Lipinski definition) is 4. The van der Waals surface area contributed by atoms with Crippen LogP contribution in [0.3, 0.4) is 0 Å². The molecule has 0 fully saturated rings. The molecule has 8 heteroatoms. The van der Waals surface area contributed by atoms with Crippen molar-refractivity contribution < 1.29 is 27.1 Å². The fourth-order valence-electron chi connectivity index (χ4n) is 2.29. The lowest BCUT2D eigenvalue weighted by Crippen LogP contribution is -2.24. The van der Waals surface area contributed by atoms with E-state index in [-0.39, 0.29) is 23.7 Å². The summed E-state index contributed by atoms with van der Waals surface area (Å²) in [7, 11) is 0. The quantitative estimate of drug-likeness (QED) is 0.500. The van der Waals surface area contributed by atoms with Crippen LogP contribution in [-0.4, -0.2) is 18.7 Å². The Morgan fingerprint density at radius 1 is 1.07 bits per heavy atom. The number of alkyl halides is 3. The van der Waals surface area contributed by atoms with E-state index in [2.05, 4.69) is 10.5 Å². The predicted octanol–water partition coefficient (Wildman–Crippen LogP) is 4.49. The first kappa shape index (κ1) is 19.2. The van der Waals surface area contributed by atoms with Crippen molar-refractivity contribution in [2.75, 3.05) is 6.61 Å². The third-order valence-electron chi connectivity index (χ3n) is 3.60. The normalized spacial score (nSPS) is 11.5. The molecule has 0 saturated heterocycles. The molecule has 144 valence electrons. The van der Waals surface area contributed by atoms with Gasteiger partial charge in [0.25, 0.3) is 5.91 Å². The second kappa shape index (κ2) is 8.43. The van der Waals surface area contributed by atoms with Crippen molar-refractivity contribution in [3.63, 3.8) is 0 Å². The molecule has 0 atom stereocenters. The number of amides is 1. The number of nitrogens with one attached hydrogen (secondary N) is 1. The van der Waals surface area contributed by atoms with E-state index in [1.807, 2.05) is 6.07 Å². The first-order valence-electron chi connectivity index (χ1n) is 8.19. The maximum atomic E-state index is 12.8. The summed E-state index contributed by atoms with van der Waals surface area (Å²) in [5.74, 6) is 0.617. The molecule has 0 bridgehead atoms. The van der Waals surface area contributed by atoms with E-state index in [1.54, 1.807) is 24.3 Å². The standard InChI is InChI=1S/C20H15F3N2O3/c21-20(22,23)15-6-4-5-14(11-15)18-10-9-17(28-18)12-24-25-19(26)13-27-16-7-2-1-3-8-16/h1-12H,13H2,(H,25,26)/b24-12-. The number of para-hydroxylation sites is 1. The van der Waals surface area contributed by atoms with Crippen molar-refractivity contribution in [3.05, 3.63) is 78.1 Å². The summed E-state index contributed by atoms with van der Waals surface area (Å²) >= 11 is 0. The Kier molecular flexibility index (Phi) is 5.78. The van der Waals surface area contributed by atoms with E-state index in [1.165, 1.54) is 30.5 Å². The number of hydrazone groups is 1. The number of hydrogen-bond donors (Lipinski definition) is 1. The number of rotatable bonds is 6. The van der Waals surface area contributed by atoms with Gasteiger partial charge in [-0.05, 0) is 36.4 Å². The van der Waals surface area contributed by atoms with Gasteiger partial charge in [0.2, 0.25) is 0 Å². The Hall–Kier alpha value is -3.55. The zero-order valence-corrected chi connectivity index (χ0v) is 14.4. The highest BCUT2D eigenvalue weighted by molar-refractivity contribution is 5.81. The lowest BCUT2D eigenvalue weighted by atomic mass is 10.1. The highest BCUT2D eigenvalue weighted by atomic mass is 19.4. The first-order chi connectivity index (χ1) is 13.4. The van der Waals surface area contributed by atoms with Gasteiger partial charge in [0.05, 0.1) is 11.8 Å². The highest BCUT2D eigenvalue weighted by Gasteiger charge is 2.30. The van der Waals surface area contributed by atoms with Crippen LogP contribution in [0.25, 0.3) is 11.3 Å². The summed E-state index contributed by atoms with van der Waals surface area (Å²) in [5.41, 5.74) is 1.80. The van der Waals surface area contributed by atoms with Gasteiger partial charge in [0.1, 0.15) is 17.3 Å². The molecule has 0 spiro atoms. The molecular weight excluding hydrogens is 373 g/mol. The molecular formula is C20H15F3N2O3. The molecule has 1 N–H and O–H groups in total. The summed E-state index contributed by atoms with van der Waals surface area (Å²) in [6.07, 6.45) is -3.18. The van der Waals surface area contributed by atoms with E-state index >= 15 is 0 Å². The molecule has 1 heterocycles. The molecule has 3 aromatic rings. The van der Waals surface area contributed by atoms with Gasteiger partial charge in [0, 0.05) is 5.56 Å². The number of benzene rings is 2.